The molecule has 0 saturated heterocycles. The first-order chi connectivity index (χ1) is 4.31. The highest BCUT2D eigenvalue weighted by atomic mass is 16.3. The highest BCUT2D eigenvalue weighted by Crippen LogP contribution is 1.82. The normalized spacial score (nSPS) is 8.56. The summed E-state index contributed by atoms with van der Waals surface area (Å²) in [7, 11) is 0. The van der Waals surface area contributed by atoms with E-state index in [1.807, 2.05) is 6.92 Å². The fourth-order valence-electron chi connectivity index (χ4n) is 0.404. The van der Waals surface area contributed by atoms with Crippen LogP contribution in [0.4, 0.5) is 4.79 Å². The molecule has 0 radical (unpaired) electrons. The largest absolute Gasteiger partial charge is 0.378 e. The summed E-state index contributed by atoms with van der Waals surface area (Å²) in [5.41, 5.74) is 0. The van der Waals surface area contributed by atoms with Gasteiger partial charge in [0.2, 0.25) is 0 Å². The van der Waals surface area contributed by atoms with E-state index in [1.54, 1.807) is 0 Å². The monoisotopic (exact) mass is 130 g/mol. The molecule has 0 unspecified atom stereocenters. The molecule has 9 heavy (non-hydrogen) atoms. The van der Waals surface area contributed by atoms with E-state index in [1.165, 1.54) is 0 Å². The molecule has 0 atom stereocenters. The van der Waals surface area contributed by atoms with E-state index in [-0.39, 0.29) is 0 Å². The summed E-state index contributed by atoms with van der Waals surface area (Å²) in [5, 5.41) is 4.48. The number of hydrogen-bond acceptors (Lipinski definition) is 2. The van der Waals surface area contributed by atoms with Crippen molar-refractivity contribution in [3.05, 3.63) is 4.91 Å². The molecule has 1 N–H and O–H groups in total. The lowest BCUT2D eigenvalue weighted by Crippen LogP contribution is -2.19. The average molecular weight is 130 g/mol. The fourth-order valence-corrected chi connectivity index (χ4v) is 0.404. The van der Waals surface area contributed by atoms with E-state index < -0.39 is 6.03 Å². The minimum absolute atomic E-state index is 0.543. The van der Waals surface area contributed by atoms with Gasteiger partial charge in [-0.3, -0.25) is 0 Å². The second kappa shape index (κ2) is 5.21. The summed E-state index contributed by atoms with van der Waals surface area (Å²) in [6.45, 7) is 2.54. The van der Waals surface area contributed by atoms with Gasteiger partial charge in [-0.1, -0.05) is 13.3 Å². The van der Waals surface area contributed by atoms with E-state index in [4.69, 9.17) is 0 Å². The third-order valence-corrected chi connectivity index (χ3v) is 0.889. The van der Waals surface area contributed by atoms with Crippen LogP contribution in [0, 0.1) is 4.91 Å². The molecule has 0 aliphatic carbocycles. The Kier molecular flexibility index (Phi) is 4.67. The molecule has 0 aromatic heterocycles. The minimum atomic E-state index is -0.775. The predicted molar refractivity (Wildman–Crippen MR) is 34.1 cm³/mol. The van der Waals surface area contributed by atoms with Crippen LogP contribution in [0.1, 0.15) is 19.8 Å². The molecule has 0 heterocycles. The molecular weight excluding hydrogens is 120 g/mol. The summed E-state index contributed by atoms with van der Waals surface area (Å²) in [5.74, 6) is 0. The van der Waals surface area contributed by atoms with Crippen LogP contribution < -0.4 is 5.32 Å². The second-order valence-corrected chi connectivity index (χ2v) is 1.68. The topological polar surface area (TPSA) is 58.5 Å². The summed E-state index contributed by atoms with van der Waals surface area (Å²) in [6.07, 6.45) is 1.89. The second-order valence-electron chi connectivity index (χ2n) is 1.68. The molecule has 4 nitrogen and oxygen atoms in total. The van der Waals surface area contributed by atoms with Gasteiger partial charge in [0.25, 0.3) is 0 Å². The number of rotatable bonds is 3. The van der Waals surface area contributed by atoms with Gasteiger partial charge in [-0.15, -0.1) is 4.91 Å². The Balaban J connectivity index is 3.07. The summed E-state index contributed by atoms with van der Waals surface area (Å²) >= 11 is 0. The van der Waals surface area contributed by atoms with E-state index in [9.17, 15) is 9.70 Å². The minimum Gasteiger partial charge on any atom is -0.334 e. The maximum Gasteiger partial charge on any atom is 0.378 e. The summed E-state index contributed by atoms with van der Waals surface area (Å²) in [4.78, 5) is 19.5. The first kappa shape index (κ1) is 8.07. The predicted octanol–water partition coefficient (Wildman–Crippen LogP) is 1.26. The van der Waals surface area contributed by atoms with E-state index in [2.05, 4.69) is 10.5 Å². The van der Waals surface area contributed by atoms with Gasteiger partial charge in [-0.2, -0.15) is 0 Å². The quantitative estimate of drug-likeness (QED) is 0.462. The van der Waals surface area contributed by atoms with E-state index in [0.717, 1.165) is 12.8 Å². The number of nitrogens with one attached hydrogen (secondary N) is 1. The highest BCUT2D eigenvalue weighted by molar-refractivity contribution is 5.74. The summed E-state index contributed by atoms with van der Waals surface area (Å²) < 4.78 is 0. The van der Waals surface area contributed by atoms with Crippen LogP contribution in [-0.4, -0.2) is 12.6 Å². The van der Waals surface area contributed by atoms with Crippen LogP contribution in [0.3, 0.4) is 0 Å². The van der Waals surface area contributed by atoms with Gasteiger partial charge in [0, 0.05) is 11.7 Å². The molecule has 0 aliphatic heterocycles. The van der Waals surface area contributed by atoms with Crippen molar-refractivity contribution < 1.29 is 4.79 Å². The van der Waals surface area contributed by atoms with Crippen LogP contribution in [0.15, 0.2) is 5.18 Å². The summed E-state index contributed by atoms with van der Waals surface area (Å²) in [6, 6.07) is -0.775. The molecular formula is C5H10N2O2. The van der Waals surface area contributed by atoms with Crippen LogP contribution in [0.5, 0.6) is 0 Å². The number of nitrogens with zero attached hydrogens (tertiary/aromatic N) is 1. The lowest BCUT2D eigenvalue weighted by molar-refractivity contribution is 0.249. The van der Waals surface area contributed by atoms with Crippen molar-refractivity contribution in [2.75, 3.05) is 6.54 Å². The Morgan fingerprint density at radius 1 is 1.67 bits per heavy atom. The van der Waals surface area contributed by atoms with E-state index >= 15 is 0 Å². The van der Waals surface area contributed by atoms with Crippen LogP contribution in [0.25, 0.3) is 0 Å². The molecule has 0 aromatic rings. The smallest absolute Gasteiger partial charge is 0.334 e. The first-order valence-corrected chi connectivity index (χ1v) is 2.92. The van der Waals surface area contributed by atoms with Crippen molar-refractivity contribution >= 4 is 6.03 Å². The van der Waals surface area contributed by atoms with Gasteiger partial charge in [0.15, 0.2) is 0 Å². The van der Waals surface area contributed by atoms with Crippen molar-refractivity contribution in [2.24, 2.45) is 5.18 Å². The molecule has 0 saturated carbocycles. The zero-order valence-corrected chi connectivity index (χ0v) is 5.39. The average Bonchev–Trinajstić information content (AvgIpc) is 1.89. The molecule has 0 aliphatic rings. The van der Waals surface area contributed by atoms with Crippen molar-refractivity contribution in [3.63, 3.8) is 0 Å². The van der Waals surface area contributed by atoms with Gasteiger partial charge in [-0.25, -0.2) is 4.79 Å². The lowest BCUT2D eigenvalue weighted by atomic mass is 10.3. The van der Waals surface area contributed by atoms with Crippen LogP contribution in [0.2, 0.25) is 0 Å². The number of amides is 2. The molecule has 2 amide bonds. The van der Waals surface area contributed by atoms with Gasteiger partial charge < -0.3 is 5.32 Å². The molecule has 4 heteroatoms. The fraction of sp³-hybridized carbons (Fsp3) is 0.800. The van der Waals surface area contributed by atoms with Crippen molar-refractivity contribution in [3.8, 4) is 0 Å². The number of hydrogen-bond donors (Lipinski definition) is 1. The molecule has 0 spiro atoms. The molecule has 52 valence electrons. The molecule has 0 fully saturated rings. The molecule has 0 bridgehead atoms. The number of nitroso groups, excluding NO2 is 1. The van der Waals surface area contributed by atoms with Crippen LogP contribution in [-0.2, 0) is 0 Å². The van der Waals surface area contributed by atoms with E-state index in [0.29, 0.717) is 6.54 Å². The maximum absolute atomic E-state index is 10.1. The van der Waals surface area contributed by atoms with Crippen LogP contribution >= 0.6 is 0 Å². The Morgan fingerprint density at radius 3 is 2.78 bits per heavy atom. The first-order valence-electron chi connectivity index (χ1n) is 2.92. The molecule has 0 rings (SSSR count). The third-order valence-electron chi connectivity index (χ3n) is 0.889. The number of unbranched alkanes of at least 4 members (excludes halogenated alkanes) is 1. The SMILES string of the molecule is CCCCNC(=O)N=O. The zero-order valence-electron chi connectivity index (χ0n) is 5.39. The maximum atomic E-state index is 10.1. The highest BCUT2D eigenvalue weighted by Gasteiger charge is 1.94. The van der Waals surface area contributed by atoms with Gasteiger partial charge in [-0.05, 0) is 6.42 Å². The Hall–Kier alpha value is -0.930. The van der Waals surface area contributed by atoms with Gasteiger partial charge >= 0.3 is 6.03 Å². The number of carbonyl (C=O) groups excluding carboxylic acids is 1. The van der Waals surface area contributed by atoms with Gasteiger partial charge in [0.05, 0.1) is 0 Å². The van der Waals surface area contributed by atoms with Gasteiger partial charge in [0.1, 0.15) is 0 Å². The Labute approximate surface area is 53.6 Å². The van der Waals surface area contributed by atoms with Crippen molar-refractivity contribution in [1.29, 1.82) is 0 Å². The number of carbonyl (C=O) groups is 1. The number of urea groups is 1. The Morgan fingerprint density at radius 2 is 2.33 bits per heavy atom. The lowest BCUT2D eigenvalue weighted by Gasteiger charge is -1.94. The molecule has 0 aromatic carbocycles. The standard InChI is InChI=1S/C5H10N2O2/c1-2-3-4-6-5(8)7-9/h2-4H2,1H3,(H,6,8). The zero-order chi connectivity index (χ0) is 7.11. The Bertz CT molecular complexity index is 103. The van der Waals surface area contributed by atoms with Crippen molar-refractivity contribution in [1.82, 2.24) is 5.32 Å². The third kappa shape index (κ3) is 4.93. The van der Waals surface area contributed by atoms with Crippen molar-refractivity contribution in [2.45, 2.75) is 19.8 Å².